The molecule has 2 heterocycles. The lowest BCUT2D eigenvalue weighted by Crippen LogP contribution is -2.18. The van der Waals surface area contributed by atoms with Crippen molar-refractivity contribution in [2.75, 3.05) is 6.26 Å². The van der Waals surface area contributed by atoms with Gasteiger partial charge in [-0.1, -0.05) is 17.3 Å². The van der Waals surface area contributed by atoms with Crippen molar-refractivity contribution in [3.05, 3.63) is 46.4 Å². The Bertz CT molecular complexity index is 761. The number of nitrogens with zero attached hydrogens (tertiary/aromatic N) is 5. The summed E-state index contributed by atoms with van der Waals surface area (Å²) in [5.41, 5.74) is 0.502. The minimum Gasteiger partial charge on any atom is -0.246 e. The first-order valence-corrected chi connectivity index (χ1v) is 7.04. The van der Waals surface area contributed by atoms with Crippen molar-refractivity contribution < 1.29 is 0 Å². The Hall–Kier alpha value is -2.42. The third-order valence-electron chi connectivity index (χ3n) is 2.77. The van der Waals surface area contributed by atoms with Gasteiger partial charge in [0.05, 0.1) is 12.1 Å². The van der Waals surface area contributed by atoms with Gasteiger partial charge >= 0.3 is 5.69 Å². The second-order valence-electron chi connectivity index (χ2n) is 3.96. The summed E-state index contributed by atoms with van der Waals surface area (Å²) < 4.78 is 1.53. The lowest BCUT2D eigenvalue weighted by molar-refractivity contribution is 0.840. The summed E-state index contributed by atoms with van der Waals surface area (Å²) >= 11 is 1.57. The molecule has 0 fully saturated rings. The van der Waals surface area contributed by atoms with Gasteiger partial charge in [0.2, 0.25) is 0 Å². The summed E-state index contributed by atoms with van der Waals surface area (Å²) in [6.07, 6.45) is 2.28. The Labute approximate surface area is 117 Å². The number of nitrogens with one attached hydrogen (secondary N) is 2. The average molecular weight is 289 g/mol. The standard InChI is InChI=1S/C11H11N7OS/c1-20-8-5-3-2-4-7(8)18-10(14-15-11(18)19)6-9-12-16-17-13-9/h2-5H,6H2,1H3,(H,15,19)(H,12,13,16,17). The highest BCUT2D eigenvalue weighted by Gasteiger charge is 2.15. The molecule has 20 heavy (non-hydrogen) atoms. The van der Waals surface area contributed by atoms with Crippen LogP contribution in [-0.2, 0) is 6.42 Å². The van der Waals surface area contributed by atoms with Crippen LogP contribution in [0.15, 0.2) is 34.0 Å². The maximum Gasteiger partial charge on any atom is 0.347 e. The number of hydrogen-bond donors (Lipinski definition) is 2. The van der Waals surface area contributed by atoms with E-state index < -0.39 is 0 Å². The first kappa shape index (κ1) is 12.6. The van der Waals surface area contributed by atoms with Gasteiger partial charge in [-0.15, -0.1) is 22.0 Å². The third kappa shape index (κ3) is 2.23. The van der Waals surface area contributed by atoms with Gasteiger partial charge in [0.15, 0.2) is 5.82 Å². The van der Waals surface area contributed by atoms with Gasteiger partial charge in [-0.2, -0.15) is 10.3 Å². The van der Waals surface area contributed by atoms with Crippen molar-refractivity contribution in [1.82, 2.24) is 35.4 Å². The molecule has 0 bridgehead atoms. The zero-order valence-corrected chi connectivity index (χ0v) is 11.4. The molecule has 0 spiro atoms. The zero-order valence-electron chi connectivity index (χ0n) is 10.6. The monoisotopic (exact) mass is 289 g/mol. The quantitative estimate of drug-likeness (QED) is 0.673. The smallest absolute Gasteiger partial charge is 0.246 e. The summed E-state index contributed by atoms with van der Waals surface area (Å²) in [4.78, 5) is 13.0. The van der Waals surface area contributed by atoms with Crippen molar-refractivity contribution >= 4 is 11.8 Å². The lowest BCUT2D eigenvalue weighted by Gasteiger charge is -2.08. The predicted molar refractivity (Wildman–Crippen MR) is 72.9 cm³/mol. The Morgan fingerprint density at radius 3 is 2.90 bits per heavy atom. The molecule has 102 valence electrons. The van der Waals surface area contributed by atoms with E-state index >= 15 is 0 Å². The molecule has 0 atom stereocenters. The van der Waals surface area contributed by atoms with Crippen molar-refractivity contribution in [3.8, 4) is 5.69 Å². The van der Waals surface area contributed by atoms with Crippen LogP contribution in [0.1, 0.15) is 11.6 Å². The van der Waals surface area contributed by atoms with Crippen LogP contribution in [0.3, 0.4) is 0 Å². The molecule has 0 amide bonds. The second kappa shape index (κ2) is 5.29. The molecule has 1 aromatic carbocycles. The summed E-state index contributed by atoms with van der Waals surface area (Å²) in [7, 11) is 0. The highest BCUT2D eigenvalue weighted by Crippen LogP contribution is 2.23. The molecule has 0 aliphatic rings. The van der Waals surface area contributed by atoms with Gasteiger partial charge in [-0.25, -0.2) is 14.5 Å². The fraction of sp³-hybridized carbons (Fsp3) is 0.182. The minimum atomic E-state index is -0.287. The fourth-order valence-electron chi connectivity index (χ4n) is 1.91. The first-order valence-electron chi connectivity index (χ1n) is 5.81. The molecule has 0 aliphatic carbocycles. The number of H-pyrrole nitrogens is 2. The molecule has 3 aromatic rings. The normalized spacial score (nSPS) is 10.8. The van der Waals surface area contributed by atoms with Gasteiger partial charge in [-0.3, -0.25) is 0 Å². The number of tetrazole rings is 1. The number of rotatable bonds is 4. The zero-order chi connectivity index (χ0) is 13.9. The first-order chi connectivity index (χ1) is 9.79. The number of benzene rings is 1. The molecule has 3 rings (SSSR count). The largest absolute Gasteiger partial charge is 0.347 e. The van der Waals surface area contributed by atoms with Gasteiger partial charge in [0, 0.05) is 4.90 Å². The molecule has 0 saturated carbocycles. The van der Waals surface area contributed by atoms with Crippen LogP contribution in [0.4, 0.5) is 0 Å². The summed E-state index contributed by atoms with van der Waals surface area (Å²) in [5, 5.41) is 20.1. The van der Waals surface area contributed by atoms with Crippen molar-refractivity contribution in [2.24, 2.45) is 0 Å². The van der Waals surface area contributed by atoms with Crippen LogP contribution in [-0.4, -0.2) is 41.6 Å². The number of aromatic nitrogens is 7. The molecule has 9 heteroatoms. The number of hydrogen-bond acceptors (Lipinski definition) is 6. The van der Waals surface area contributed by atoms with E-state index in [-0.39, 0.29) is 5.69 Å². The van der Waals surface area contributed by atoms with E-state index in [1.807, 2.05) is 30.5 Å². The topological polar surface area (TPSA) is 105 Å². The third-order valence-corrected chi connectivity index (χ3v) is 3.56. The number of thioether (sulfide) groups is 1. The molecular weight excluding hydrogens is 278 g/mol. The minimum absolute atomic E-state index is 0.287. The van der Waals surface area contributed by atoms with E-state index in [2.05, 4.69) is 30.8 Å². The highest BCUT2D eigenvalue weighted by molar-refractivity contribution is 7.98. The number of para-hydroxylation sites is 1. The summed E-state index contributed by atoms with van der Waals surface area (Å²) in [6, 6.07) is 7.64. The summed E-state index contributed by atoms with van der Waals surface area (Å²) in [6.45, 7) is 0. The second-order valence-corrected chi connectivity index (χ2v) is 4.81. The van der Waals surface area contributed by atoms with E-state index in [1.165, 1.54) is 4.57 Å². The highest BCUT2D eigenvalue weighted by atomic mass is 32.2. The van der Waals surface area contributed by atoms with Crippen molar-refractivity contribution in [2.45, 2.75) is 11.3 Å². The Morgan fingerprint density at radius 2 is 2.15 bits per heavy atom. The van der Waals surface area contributed by atoms with Gasteiger partial charge in [-0.05, 0) is 18.4 Å². The fourth-order valence-corrected chi connectivity index (χ4v) is 2.49. The van der Waals surface area contributed by atoms with Crippen LogP contribution < -0.4 is 5.69 Å². The molecule has 0 saturated heterocycles. The average Bonchev–Trinajstić information content (AvgIpc) is 3.10. The number of aromatic amines is 2. The Morgan fingerprint density at radius 1 is 1.30 bits per heavy atom. The molecule has 8 nitrogen and oxygen atoms in total. The van der Waals surface area contributed by atoms with Gasteiger partial charge in [0.25, 0.3) is 0 Å². The van der Waals surface area contributed by atoms with Crippen molar-refractivity contribution in [3.63, 3.8) is 0 Å². The Balaban J connectivity index is 2.09. The van der Waals surface area contributed by atoms with E-state index in [0.29, 0.717) is 18.1 Å². The van der Waals surface area contributed by atoms with Crippen LogP contribution in [0, 0.1) is 0 Å². The maximum atomic E-state index is 12.0. The molecule has 0 unspecified atom stereocenters. The molecule has 2 aromatic heterocycles. The summed E-state index contributed by atoms with van der Waals surface area (Å²) in [5.74, 6) is 1.02. The molecular formula is C11H11N7OS. The van der Waals surface area contributed by atoms with Crippen LogP contribution in [0.2, 0.25) is 0 Å². The van der Waals surface area contributed by atoms with Gasteiger partial charge < -0.3 is 0 Å². The van der Waals surface area contributed by atoms with Crippen molar-refractivity contribution in [1.29, 1.82) is 0 Å². The van der Waals surface area contributed by atoms with E-state index in [0.717, 1.165) is 10.6 Å². The lowest BCUT2D eigenvalue weighted by atomic mass is 10.3. The Kier molecular flexibility index (Phi) is 3.33. The molecule has 2 N–H and O–H groups in total. The SMILES string of the molecule is CSc1ccccc1-n1c(Cc2nn[nH]n2)n[nH]c1=O. The maximum absolute atomic E-state index is 12.0. The van der Waals surface area contributed by atoms with Crippen LogP contribution >= 0.6 is 11.8 Å². The van der Waals surface area contributed by atoms with Gasteiger partial charge in [0.1, 0.15) is 5.82 Å². The predicted octanol–water partition coefficient (Wildman–Crippen LogP) is 0.386. The van der Waals surface area contributed by atoms with E-state index in [1.54, 1.807) is 11.8 Å². The molecule has 0 radical (unpaired) electrons. The van der Waals surface area contributed by atoms with E-state index in [9.17, 15) is 4.79 Å². The van der Waals surface area contributed by atoms with E-state index in [4.69, 9.17) is 0 Å². The van der Waals surface area contributed by atoms with Crippen LogP contribution in [0.5, 0.6) is 0 Å². The van der Waals surface area contributed by atoms with Crippen LogP contribution in [0.25, 0.3) is 5.69 Å². The molecule has 0 aliphatic heterocycles.